The van der Waals surface area contributed by atoms with Gasteiger partial charge in [0.2, 0.25) is 0 Å². The molecule has 0 bridgehead atoms. The maximum absolute atomic E-state index is 7.26. The molecule has 0 atom stereocenters. The molecule has 0 radical (unpaired) electrons. The van der Waals surface area contributed by atoms with Crippen molar-refractivity contribution < 1.29 is 0 Å². The van der Waals surface area contributed by atoms with E-state index in [2.05, 4.69) is 77.6 Å². The van der Waals surface area contributed by atoms with Crippen LogP contribution in [0, 0.1) is 6.57 Å². The van der Waals surface area contributed by atoms with E-state index in [4.69, 9.17) is 31.5 Å². The Morgan fingerprint density at radius 2 is 0.966 bits per heavy atom. The van der Waals surface area contributed by atoms with E-state index in [0.29, 0.717) is 29.0 Å². The summed E-state index contributed by atoms with van der Waals surface area (Å²) in [5, 5.41) is 2.31. The molecule has 0 aliphatic carbocycles. The Kier molecular flexibility index (Phi) is 9.28. The van der Waals surface area contributed by atoms with Crippen molar-refractivity contribution in [2.75, 3.05) is 0 Å². The summed E-state index contributed by atoms with van der Waals surface area (Å²) in [6.45, 7) is 7.26. The Morgan fingerprint density at radius 3 is 1.64 bits per heavy atom. The lowest BCUT2D eigenvalue weighted by molar-refractivity contribution is 1.07. The largest absolute Gasteiger partial charge is 0.238 e. The van der Waals surface area contributed by atoms with E-state index in [1.807, 2.05) is 109 Å². The van der Waals surface area contributed by atoms with E-state index >= 15 is 0 Å². The molecule has 0 saturated heterocycles. The third kappa shape index (κ3) is 7.01. The third-order valence-electron chi connectivity index (χ3n) is 9.90. The number of nitrogens with zero attached hydrogens (tertiary/aromatic N) is 6. The van der Waals surface area contributed by atoms with Gasteiger partial charge in [0.1, 0.15) is 0 Å². The van der Waals surface area contributed by atoms with Crippen molar-refractivity contribution >= 4 is 49.0 Å². The molecule has 10 aromatic rings. The highest BCUT2D eigenvalue weighted by molar-refractivity contribution is 7.99. The van der Waals surface area contributed by atoms with Gasteiger partial charge in [-0.3, -0.25) is 0 Å². The van der Waals surface area contributed by atoms with Crippen molar-refractivity contribution in [3.8, 4) is 67.9 Å². The van der Waals surface area contributed by atoms with Crippen molar-refractivity contribution in [3.05, 3.63) is 194 Å². The first-order valence-corrected chi connectivity index (χ1v) is 20.3. The third-order valence-corrected chi connectivity index (χ3v) is 12.1. The molecule has 3 aromatic heterocycles. The summed E-state index contributed by atoms with van der Waals surface area (Å²) in [5.74, 6) is 2.51. The van der Waals surface area contributed by atoms with E-state index in [-0.39, 0.29) is 0 Å². The van der Waals surface area contributed by atoms with Crippen LogP contribution < -0.4 is 0 Å². The molecule has 7 aromatic carbocycles. The van der Waals surface area contributed by atoms with Crippen LogP contribution in [0.1, 0.15) is 0 Å². The molecule has 0 saturated carbocycles. The fourth-order valence-corrected chi connectivity index (χ4v) is 8.99. The maximum atomic E-state index is 7.26. The number of rotatable bonds is 8. The molecule has 0 fully saturated rings. The highest BCUT2D eigenvalue weighted by Gasteiger charge is 2.17. The molecule has 0 spiro atoms. The minimum Gasteiger partial charge on any atom is -0.238 e. The Hall–Kier alpha value is -7.31. The summed E-state index contributed by atoms with van der Waals surface area (Å²) in [5.41, 5.74) is 8.38. The van der Waals surface area contributed by atoms with Crippen molar-refractivity contribution in [2.45, 2.75) is 9.79 Å². The van der Waals surface area contributed by atoms with E-state index in [1.54, 1.807) is 23.1 Å². The monoisotopic (exact) mass is 778 g/mol. The zero-order valence-electron chi connectivity index (χ0n) is 30.8. The average Bonchev–Trinajstić information content (AvgIpc) is 3.67. The molecule has 0 unspecified atom stereocenters. The second-order valence-corrected chi connectivity index (χ2v) is 15.8. The van der Waals surface area contributed by atoms with Crippen molar-refractivity contribution in [1.82, 2.24) is 24.9 Å². The molecule has 272 valence electrons. The SMILES string of the molecule is [C-]#[N+]c1ccc(-c2ccc(-c3nc(-c4ccccc4)nc(-c4ccc5c(c4)sc4ccc(-c6ncc(Sc7ccccc7)c(-c7ccccc7)n6)cc45)n3)cc2)cc1. The van der Waals surface area contributed by atoms with Crippen LogP contribution in [0.5, 0.6) is 0 Å². The topological polar surface area (TPSA) is 68.8 Å². The van der Waals surface area contributed by atoms with Crippen LogP contribution >= 0.6 is 23.1 Å². The van der Waals surface area contributed by atoms with Gasteiger partial charge in [-0.25, -0.2) is 29.8 Å². The normalized spacial score (nSPS) is 11.2. The summed E-state index contributed by atoms with van der Waals surface area (Å²) >= 11 is 3.42. The lowest BCUT2D eigenvalue weighted by Gasteiger charge is -2.11. The standard InChI is InChI=1S/C50H30N6S2/c1-51-39-25-21-33(22-26-39)32-17-19-36(20-18-32)49-54-48(35-13-7-3-8-14-35)55-50(56-49)38-23-27-41-42-29-37(24-28-43(42)58-44(41)30-38)47-52-31-45(57-40-15-9-4-10-16-40)46(53-47)34-11-5-2-6-12-34/h2-31H. The van der Waals surface area contributed by atoms with Gasteiger partial charge in [-0.15, -0.1) is 11.3 Å². The molecule has 58 heavy (non-hydrogen) atoms. The highest BCUT2D eigenvalue weighted by atomic mass is 32.2. The molecular weight excluding hydrogens is 749 g/mol. The fourth-order valence-electron chi connectivity index (χ4n) is 6.95. The number of fused-ring (bicyclic) bond motifs is 3. The van der Waals surface area contributed by atoms with Gasteiger partial charge in [0.05, 0.1) is 17.2 Å². The number of hydrogen-bond acceptors (Lipinski definition) is 7. The van der Waals surface area contributed by atoms with Crippen LogP contribution in [-0.2, 0) is 0 Å². The molecule has 8 heteroatoms. The number of thiophene rings is 1. The Balaban J connectivity index is 1.01. The second kappa shape index (κ2) is 15.3. The van der Waals surface area contributed by atoms with Gasteiger partial charge in [-0.2, -0.15) is 0 Å². The van der Waals surface area contributed by atoms with Crippen LogP contribution in [0.3, 0.4) is 0 Å². The molecule has 10 rings (SSSR count). The van der Waals surface area contributed by atoms with Gasteiger partial charge in [0, 0.05) is 59.1 Å². The van der Waals surface area contributed by atoms with Gasteiger partial charge in [-0.1, -0.05) is 151 Å². The summed E-state index contributed by atoms with van der Waals surface area (Å²) in [6, 6.07) is 59.5. The zero-order chi connectivity index (χ0) is 38.8. The van der Waals surface area contributed by atoms with Crippen LogP contribution in [-0.4, -0.2) is 24.9 Å². The van der Waals surface area contributed by atoms with Crippen LogP contribution in [0.15, 0.2) is 192 Å². The Labute approximate surface area is 343 Å². The van der Waals surface area contributed by atoms with Gasteiger partial charge >= 0.3 is 0 Å². The Morgan fingerprint density at radius 1 is 0.431 bits per heavy atom. The summed E-state index contributed by atoms with van der Waals surface area (Å²) in [6.07, 6.45) is 1.95. The first-order chi connectivity index (χ1) is 28.6. The van der Waals surface area contributed by atoms with Gasteiger partial charge in [0.25, 0.3) is 0 Å². The average molecular weight is 779 g/mol. The van der Waals surface area contributed by atoms with Crippen LogP contribution in [0.4, 0.5) is 5.69 Å². The highest BCUT2D eigenvalue weighted by Crippen LogP contribution is 2.40. The van der Waals surface area contributed by atoms with Gasteiger partial charge in [0.15, 0.2) is 29.0 Å². The van der Waals surface area contributed by atoms with Gasteiger partial charge < -0.3 is 0 Å². The predicted octanol–water partition coefficient (Wildman–Crippen LogP) is 13.7. The van der Waals surface area contributed by atoms with Crippen molar-refractivity contribution in [2.24, 2.45) is 0 Å². The van der Waals surface area contributed by atoms with E-state index in [9.17, 15) is 0 Å². The van der Waals surface area contributed by atoms with E-state index in [0.717, 1.165) is 69.9 Å². The summed E-state index contributed by atoms with van der Waals surface area (Å²) in [7, 11) is 0. The van der Waals surface area contributed by atoms with Crippen molar-refractivity contribution in [3.63, 3.8) is 0 Å². The number of hydrogen-bond donors (Lipinski definition) is 0. The van der Waals surface area contributed by atoms with Crippen molar-refractivity contribution in [1.29, 1.82) is 0 Å². The first kappa shape index (κ1) is 35.1. The first-order valence-electron chi connectivity index (χ1n) is 18.7. The molecule has 6 nitrogen and oxygen atoms in total. The van der Waals surface area contributed by atoms with E-state index < -0.39 is 0 Å². The fraction of sp³-hybridized carbons (Fsp3) is 0. The minimum atomic E-state index is 0.600. The lowest BCUT2D eigenvalue weighted by Crippen LogP contribution is -2.00. The second-order valence-electron chi connectivity index (χ2n) is 13.6. The van der Waals surface area contributed by atoms with E-state index in [1.165, 1.54) is 4.70 Å². The predicted molar refractivity (Wildman–Crippen MR) is 238 cm³/mol. The zero-order valence-corrected chi connectivity index (χ0v) is 32.5. The maximum Gasteiger partial charge on any atom is 0.187 e. The molecule has 0 amide bonds. The molecular formula is C50H30N6S2. The Bertz CT molecular complexity index is 3130. The quantitative estimate of drug-likeness (QED) is 0.143. The minimum absolute atomic E-state index is 0.600. The molecule has 0 aliphatic heterocycles. The number of aromatic nitrogens is 5. The summed E-state index contributed by atoms with van der Waals surface area (Å²) < 4.78 is 2.32. The van der Waals surface area contributed by atoms with Crippen LogP contribution in [0.25, 0.3) is 93.0 Å². The molecule has 0 aliphatic rings. The van der Waals surface area contributed by atoms with Crippen LogP contribution in [0.2, 0.25) is 0 Å². The van der Waals surface area contributed by atoms with Gasteiger partial charge in [-0.05, 0) is 47.5 Å². The number of benzene rings is 7. The lowest BCUT2D eigenvalue weighted by atomic mass is 10.0. The smallest absolute Gasteiger partial charge is 0.187 e. The molecule has 0 N–H and O–H groups in total. The summed E-state index contributed by atoms with van der Waals surface area (Å²) in [4.78, 5) is 30.7. The molecule has 3 heterocycles.